The van der Waals surface area contributed by atoms with Crippen molar-refractivity contribution >= 4 is 23.5 Å². The van der Waals surface area contributed by atoms with Crippen LogP contribution in [0.3, 0.4) is 0 Å². The molecule has 0 aromatic heterocycles. The van der Waals surface area contributed by atoms with Gasteiger partial charge in [0.2, 0.25) is 0 Å². The SMILES string of the molecule is CCOc1ccc(C(C)=O)cc1CSCC(=O)O. The third kappa shape index (κ3) is 4.41. The molecule has 1 aromatic carbocycles. The molecular formula is C13H16O4S. The van der Waals surface area contributed by atoms with Crippen LogP contribution in [-0.4, -0.2) is 29.2 Å². The van der Waals surface area contributed by atoms with E-state index >= 15 is 0 Å². The minimum Gasteiger partial charge on any atom is -0.494 e. The molecule has 0 fully saturated rings. The number of carboxylic acids is 1. The van der Waals surface area contributed by atoms with E-state index in [2.05, 4.69) is 0 Å². The minimum atomic E-state index is -0.847. The Labute approximate surface area is 110 Å². The molecule has 0 saturated heterocycles. The van der Waals surface area contributed by atoms with Gasteiger partial charge >= 0.3 is 5.97 Å². The molecule has 5 heteroatoms. The van der Waals surface area contributed by atoms with Gasteiger partial charge in [-0.3, -0.25) is 9.59 Å². The molecule has 0 atom stereocenters. The minimum absolute atomic E-state index is 0.0115. The Morgan fingerprint density at radius 3 is 2.67 bits per heavy atom. The van der Waals surface area contributed by atoms with E-state index in [4.69, 9.17) is 9.84 Å². The van der Waals surface area contributed by atoms with Crippen LogP contribution in [0.15, 0.2) is 18.2 Å². The molecular weight excluding hydrogens is 252 g/mol. The number of hydrogen-bond donors (Lipinski definition) is 1. The molecule has 0 aliphatic carbocycles. The molecule has 0 saturated carbocycles. The number of ketones is 1. The average Bonchev–Trinajstić information content (AvgIpc) is 2.30. The van der Waals surface area contributed by atoms with Gasteiger partial charge in [-0.1, -0.05) is 0 Å². The van der Waals surface area contributed by atoms with E-state index in [1.165, 1.54) is 18.7 Å². The zero-order chi connectivity index (χ0) is 13.5. The van der Waals surface area contributed by atoms with Crippen molar-refractivity contribution in [1.29, 1.82) is 0 Å². The van der Waals surface area contributed by atoms with Gasteiger partial charge in [-0.2, -0.15) is 0 Å². The van der Waals surface area contributed by atoms with Gasteiger partial charge in [-0.25, -0.2) is 0 Å². The van der Waals surface area contributed by atoms with E-state index in [0.29, 0.717) is 23.7 Å². The van der Waals surface area contributed by atoms with E-state index < -0.39 is 5.97 Å². The summed E-state index contributed by atoms with van der Waals surface area (Å²) >= 11 is 1.28. The summed E-state index contributed by atoms with van der Waals surface area (Å²) in [5.74, 6) is 0.405. The Morgan fingerprint density at radius 2 is 2.11 bits per heavy atom. The quantitative estimate of drug-likeness (QED) is 0.770. The van der Waals surface area contributed by atoms with Crippen molar-refractivity contribution < 1.29 is 19.4 Å². The van der Waals surface area contributed by atoms with Crippen LogP contribution in [0.25, 0.3) is 0 Å². The summed E-state index contributed by atoms with van der Waals surface area (Å²) < 4.78 is 5.46. The highest BCUT2D eigenvalue weighted by Gasteiger charge is 2.08. The third-order valence-corrected chi connectivity index (χ3v) is 3.22. The highest BCUT2D eigenvalue weighted by Crippen LogP contribution is 2.25. The number of benzene rings is 1. The average molecular weight is 268 g/mol. The maximum absolute atomic E-state index is 11.3. The molecule has 1 rings (SSSR count). The molecule has 0 aliphatic heterocycles. The van der Waals surface area contributed by atoms with Gasteiger partial charge in [0.25, 0.3) is 0 Å². The summed E-state index contributed by atoms with van der Waals surface area (Å²) in [6.45, 7) is 3.92. The van der Waals surface area contributed by atoms with Gasteiger partial charge in [0.1, 0.15) is 5.75 Å². The fourth-order valence-electron chi connectivity index (χ4n) is 1.46. The standard InChI is InChI=1S/C13H16O4S/c1-3-17-12-5-4-10(9(2)14)6-11(12)7-18-8-13(15)16/h4-6H,3,7-8H2,1-2H3,(H,15,16). The number of ether oxygens (including phenoxy) is 1. The van der Waals surface area contributed by atoms with Crippen LogP contribution in [0.4, 0.5) is 0 Å². The molecule has 0 aliphatic rings. The first-order chi connectivity index (χ1) is 8.54. The van der Waals surface area contributed by atoms with E-state index in [-0.39, 0.29) is 11.5 Å². The lowest BCUT2D eigenvalue weighted by molar-refractivity contribution is -0.133. The highest BCUT2D eigenvalue weighted by molar-refractivity contribution is 7.99. The zero-order valence-electron chi connectivity index (χ0n) is 10.4. The van der Waals surface area contributed by atoms with E-state index in [1.54, 1.807) is 18.2 Å². The lowest BCUT2D eigenvalue weighted by atomic mass is 10.1. The summed E-state index contributed by atoms with van der Waals surface area (Å²) in [7, 11) is 0. The molecule has 1 aromatic rings. The number of Topliss-reactive ketones (excluding diaryl/α,β-unsaturated/α-hetero) is 1. The molecule has 18 heavy (non-hydrogen) atoms. The normalized spacial score (nSPS) is 10.1. The number of rotatable bonds is 7. The summed E-state index contributed by atoms with van der Waals surface area (Å²) in [4.78, 5) is 21.8. The first kappa shape index (κ1) is 14.6. The maximum Gasteiger partial charge on any atom is 0.313 e. The van der Waals surface area contributed by atoms with Gasteiger partial charge in [0, 0.05) is 16.9 Å². The first-order valence-electron chi connectivity index (χ1n) is 5.60. The highest BCUT2D eigenvalue weighted by atomic mass is 32.2. The van der Waals surface area contributed by atoms with Crippen molar-refractivity contribution in [1.82, 2.24) is 0 Å². The van der Waals surface area contributed by atoms with E-state index in [9.17, 15) is 9.59 Å². The van der Waals surface area contributed by atoms with Gasteiger partial charge < -0.3 is 9.84 Å². The van der Waals surface area contributed by atoms with Crippen LogP contribution in [-0.2, 0) is 10.5 Å². The lowest BCUT2D eigenvalue weighted by Gasteiger charge is -2.10. The number of hydrogen-bond acceptors (Lipinski definition) is 4. The molecule has 0 amide bonds. The Bertz CT molecular complexity index is 443. The number of carboxylic acid groups (broad SMARTS) is 1. The topological polar surface area (TPSA) is 63.6 Å². The second kappa shape index (κ2) is 7.06. The molecule has 1 N–H and O–H groups in total. The van der Waals surface area contributed by atoms with Crippen molar-refractivity contribution in [3.05, 3.63) is 29.3 Å². The van der Waals surface area contributed by atoms with Crippen molar-refractivity contribution in [3.63, 3.8) is 0 Å². The number of aliphatic carboxylic acids is 1. The molecule has 0 spiro atoms. The predicted octanol–water partition coefficient (Wildman–Crippen LogP) is 2.61. The lowest BCUT2D eigenvalue weighted by Crippen LogP contribution is -2.02. The van der Waals surface area contributed by atoms with Crippen LogP contribution < -0.4 is 4.74 Å². The second-order valence-corrected chi connectivity index (χ2v) is 4.68. The first-order valence-corrected chi connectivity index (χ1v) is 6.76. The Morgan fingerprint density at radius 1 is 1.39 bits per heavy atom. The fraction of sp³-hybridized carbons (Fsp3) is 0.385. The number of thioether (sulfide) groups is 1. The van der Waals surface area contributed by atoms with Gasteiger partial charge in [0.15, 0.2) is 5.78 Å². The number of carbonyl (C=O) groups excluding carboxylic acids is 1. The summed E-state index contributed by atoms with van der Waals surface area (Å²) in [6.07, 6.45) is 0. The largest absolute Gasteiger partial charge is 0.494 e. The molecule has 0 unspecified atom stereocenters. The Balaban J connectivity index is 2.85. The van der Waals surface area contributed by atoms with Gasteiger partial charge in [0.05, 0.1) is 12.4 Å². The van der Waals surface area contributed by atoms with Crippen LogP contribution in [0, 0.1) is 0 Å². The molecule has 0 heterocycles. The molecule has 0 radical (unpaired) electrons. The van der Waals surface area contributed by atoms with Gasteiger partial charge in [-0.05, 0) is 32.0 Å². The van der Waals surface area contributed by atoms with Crippen molar-refractivity contribution in [2.75, 3.05) is 12.4 Å². The summed E-state index contributed by atoms with van der Waals surface area (Å²) in [5.41, 5.74) is 1.47. The van der Waals surface area contributed by atoms with E-state index in [1.807, 2.05) is 6.92 Å². The predicted molar refractivity (Wildman–Crippen MR) is 71.4 cm³/mol. The van der Waals surface area contributed by atoms with Crippen LogP contribution in [0.5, 0.6) is 5.75 Å². The van der Waals surface area contributed by atoms with Crippen LogP contribution >= 0.6 is 11.8 Å². The summed E-state index contributed by atoms with van der Waals surface area (Å²) in [6, 6.07) is 5.25. The smallest absolute Gasteiger partial charge is 0.313 e. The molecule has 0 bridgehead atoms. The zero-order valence-corrected chi connectivity index (χ0v) is 11.3. The van der Waals surface area contributed by atoms with Gasteiger partial charge in [-0.15, -0.1) is 11.8 Å². The van der Waals surface area contributed by atoms with Crippen LogP contribution in [0.2, 0.25) is 0 Å². The third-order valence-electron chi connectivity index (χ3n) is 2.25. The van der Waals surface area contributed by atoms with Crippen molar-refractivity contribution in [2.24, 2.45) is 0 Å². The maximum atomic E-state index is 11.3. The summed E-state index contributed by atoms with van der Waals surface area (Å²) in [5, 5.41) is 8.60. The monoisotopic (exact) mass is 268 g/mol. The fourth-order valence-corrected chi connectivity index (χ4v) is 2.18. The van der Waals surface area contributed by atoms with Crippen molar-refractivity contribution in [3.8, 4) is 5.75 Å². The Hall–Kier alpha value is -1.49. The Kier molecular flexibility index (Phi) is 5.71. The van der Waals surface area contributed by atoms with E-state index in [0.717, 1.165) is 5.56 Å². The molecule has 4 nitrogen and oxygen atoms in total. The van der Waals surface area contributed by atoms with Crippen molar-refractivity contribution in [2.45, 2.75) is 19.6 Å². The molecule has 98 valence electrons. The van der Waals surface area contributed by atoms with Crippen LogP contribution in [0.1, 0.15) is 29.8 Å². The second-order valence-electron chi connectivity index (χ2n) is 3.70. The number of carbonyl (C=O) groups is 2.